The van der Waals surface area contributed by atoms with Gasteiger partial charge >= 0.3 is 11.9 Å². The van der Waals surface area contributed by atoms with E-state index in [0.29, 0.717) is 29.9 Å². The van der Waals surface area contributed by atoms with Gasteiger partial charge in [0.1, 0.15) is 6.11 Å². The van der Waals surface area contributed by atoms with Gasteiger partial charge in [-0.15, -0.1) is 12.3 Å². The Hall–Kier alpha value is -3.38. The molecule has 0 spiro atoms. The van der Waals surface area contributed by atoms with Gasteiger partial charge < -0.3 is 20.1 Å². The highest BCUT2D eigenvalue weighted by molar-refractivity contribution is 5.99. The number of hydrogen-bond donors (Lipinski definition) is 3. The van der Waals surface area contributed by atoms with Crippen LogP contribution in [0.4, 0.5) is 0 Å². The number of rotatable bonds is 4. The third kappa shape index (κ3) is 3.94. The SMILES string of the molecule is C#CCCC#COC(=O)C1=C(C)NC(C)=C(C(=O)O)C1c1ccc[nH]1. The van der Waals surface area contributed by atoms with Gasteiger partial charge in [0.2, 0.25) is 0 Å². The molecule has 6 heteroatoms. The Kier molecular flexibility index (Phi) is 5.71. The number of allylic oxidation sites excluding steroid dienone is 2. The van der Waals surface area contributed by atoms with Crippen molar-refractivity contribution in [3.8, 4) is 24.4 Å². The lowest BCUT2D eigenvalue weighted by Crippen LogP contribution is -2.31. The monoisotopic (exact) mass is 338 g/mol. The highest BCUT2D eigenvalue weighted by Crippen LogP contribution is 2.37. The zero-order valence-electron chi connectivity index (χ0n) is 14.0. The van der Waals surface area contributed by atoms with E-state index < -0.39 is 17.9 Å². The maximum absolute atomic E-state index is 12.5. The molecule has 1 atom stereocenters. The first kappa shape index (κ1) is 18.0. The zero-order chi connectivity index (χ0) is 18.4. The van der Waals surface area contributed by atoms with Crippen LogP contribution in [0.3, 0.4) is 0 Å². The normalized spacial score (nSPS) is 16.4. The summed E-state index contributed by atoms with van der Waals surface area (Å²) < 4.78 is 4.99. The molecule has 0 bridgehead atoms. The van der Waals surface area contributed by atoms with Gasteiger partial charge in [0.05, 0.1) is 17.1 Å². The Labute approximate surface area is 146 Å². The molecule has 0 aliphatic carbocycles. The predicted molar refractivity (Wildman–Crippen MR) is 91.6 cm³/mol. The number of aromatic nitrogens is 1. The highest BCUT2D eigenvalue weighted by Gasteiger charge is 2.37. The second-order valence-corrected chi connectivity index (χ2v) is 5.44. The van der Waals surface area contributed by atoms with E-state index in [-0.39, 0.29) is 11.1 Å². The van der Waals surface area contributed by atoms with E-state index in [1.807, 2.05) is 0 Å². The van der Waals surface area contributed by atoms with E-state index in [4.69, 9.17) is 11.2 Å². The number of H-pyrrole nitrogens is 1. The average molecular weight is 338 g/mol. The second kappa shape index (κ2) is 7.94. The Morgan fingerprint density at radius 1 is 1.28 bits per heavy atom. The largest absolute Gasteiger partial charge is 0.478 e. The Balaban J connectivity index is 2.38. The summed E-state index contributed by atoms with van der Waals surface area (Å²) in [6.07, 6.45) is 10.0. The van der Waals surface area contributed by atoms with Gasteiger partial charge in [-0.25, -0.2) is 9.59 Å². The predicted octanol–water partition coefficient (Wildman–Crippen LogP) is 2.25. The van der Waals surface area contributed by atoms with Crippen molar-refractivity contribution >= 4 is 11.9 Å². The number of esters is 1. The minimum Gasteiger partial charge on any atom is -0.478 e. The number of ether oxygens (including phenoxy) is 1. The number of carbonyl (C=O) groups is 2. The Morgan fingerprint density at radius 3 is 2.60 bits per heavy atom. The highest BCUT2D eigenvalue weighted by atomic mass is 16.5. The van der Waals surface area contributed by atoms with Gasteiger partial charge in [0, 0.05) is 36.1 Å². The molecule has 1 aliphatic heterocycles. The number of nitrogens with one attached hydrogen (secondary N) is 2. The van der Waals surface area contributed by atoms with Crippen LogP contribution in [0.25, 0.3) is 0 Å². The van der Waals surface area contributed by atoms with Crippen LogP contribution in [0.5, 0.6) is 0 Å². The smallest absolute Gasteiger partial charge is 0.350 e. The lowest BCUT2D eigenvalue weighted by Gasteiger charge is -2.28. The molecule has 0 fully saturated rings. The lowest BCUT2D eigenvalue weighted by molar-refractivity contribution is -0.133. The molecule has 0 saturated carbocycles. The van der Waals surface area contributed by atoms with E-state index in [0.717, 1.165) is 0 Å². The number of carboxylic acid groups (broad SMARTS) is 1. The van der Waals surface area contributed by atoms with Crippen molar-refractivity contribution < 1.29 is 19.4 Å². The molecule has 6 nitrogen and oxygen atoms in total. The lowest BCUT2D eigenvalue weighted by atomic mass is 9.83. The van der Waals surface area contributed by atoms with Gasteiger partial charge in [-0.2, -0.15) is 0 Å². The van der Waals surface area contributed by atoms with Gasteiger partial charge in [-0.1, -0.05) is 5.92 Å². The molecule has 1 aromatic heterocycles. The molecule has 1 aliphatic rings. The van der Waals surface area contributed by atoms with E-state index >= 15 is 0 Å². The molecule has 0 amide bonds. The molecule has 25 heavy (non-hydrogen) atoms. The standard InChI is InChI=1S/C19H18N2O4/c1-4-5-6-7-11-25-19(24)16-13(3)21-12(2)15(18(22)23)17(16)14-9-8-10-20-14/h1,8-10,17,20-21H,5-6H2,2-3H3,(H,22,23). The molecule has 3 N–H and O–H groups in total. The third-order valence-corrected chi connectivity index (χ3v) is 3.75. The number of unbranched alkanes of at least 4 members (excludes halogenated alkanes) is 1. The summed E-state index contributed by atoms with van der Waals surface area (Å²) in [4.78, 5) is 27.2. The number of carbonyl (C=O) groups excluding carboxylic acids is 1. The van der Waals surface area contributed by atoms with Crippen LogP contribution < -0.4 is 5.32 Å². The molecule has 0 saturated heterocycles. The Morgan fingerprint density at radius 2 is 2.00 bits per heavy atom. The van der Waals surface area contributed by atoms with Crippen LogP contribution in [0, 0.1) is 24.4 Å². The molecular weight excluding hydrogens is 320 g/mol. The van der Waals surface area contributed by atoms with Crippen molar-refractivity contribution in [2.24, 2.45) is 0 Å². The first-order valence-corrected chi connectivity index (χ1v) is 7.65. The number of carboxylic acids is 1. The maximum Gasteiger partial charge on any atom is 0.350 e. The van der Waals surface area contributed by atoms with Crippen molar-refractivity contribution in [2.45, 2.75) is 32.6 Å². The van der Waals surface area contributed by atoms with Crippen LogP contribution in [0.1, 0.15) is 38.3 Å². The van der Waals surface area contributed by atoms with Crippen LogP contribution in [-0.2, 0) is 14.3 Å². The second-order valence-electron chi connectivity index (χ2n) is 5.44. The van der Waals surface area contributed by atoms with Crippen molar-refractivity contribution in [3.05, 3.63) is 46.6 Å². The summed E-state index contributed by atoms with van der Waals surface area (Å²) in [6.45, 7) is 3.35. The molecular formula is C19H18N2O4. The van der Waals surface area contributed by atoms with Crippen molar-refractivity contribution in [2.75, 3.05) is 0 Å². The summed E-state index contributed by atoms with van der Waals surface area (Å²) in [7, 11) is 0. The molecule has 1 aromatic rings. The summed E-state index contributed by atoms with van der Waals surface area (Å²) in [5.74, 6) is 2.52. The van der Waals surface area contributed by atoms with Crippen LogP contribution in [-0.4, -0.2) is 22.0 Å². The van der Waals surface area contributed by atoms with Gasteiger partial charge in [-0.05, 0) is 26.0 Å². The van der Waals surface area contributed by atoms with Crippen molar-refractivity contribution in [3.63, 3.8) is 0 Å². The van der Waals surface area contributed by atoms with Crippen LogP contribution >= 0.6 is 0 Å². The summed E-state index contributed by atoms with van der Waals surface area (Å²) >= 11 is 0. The zero-order valence-corrected chi connectivity index (χ0v) is 14.0. The molecule has 128 valence electrons. The molecule has 0 radical (unpaired) electrons. The molecule has 1 unspecified atom stereocenters. The van der Waals surface area contributed by atoms with Gasteiger partial charge in [0.15, 0.2) is 0 Å². The van der Waals surface area contributed by atoms with E-state index in [9.17, 15) is 14.7 Å². The van der Waals surface area contributed by atoms with Crippen molar-refractivity contribution in [1.82, 2.24) is 10.3 Å². The Bertz CT molecular complexity index is 842. The fraction of sp³-hybridized carbons (Fsp3) is 0.263. The fourth-order valence-corrected chi connectivity index (χ4v) is 2.71. The molecule has 0 aromatic carbocycles. The molecule has 2 heterocycles. The quantitative estimate of drug-likeness (QED) is 0.445. The van der Waals surface area contributed by atoms with E-state index in [1.54, 1.807) is 32.2 Å². The first-order chi connectivity index (χ1) is 12.0. The summed E-state index contributed by atoms with van der Waals surface area (Å²) in [5.41, 5.74) is 1.88. The van der Waals surface area contributed by atoms with E-state index in [2.05, 4.69) is 28.2 Å². The average Bonchev–Trinajstić information content (AvgIpc) is 3.07. The summed E-state index contributed by atoms with van der Waals surface area (Å²) in [5, 5.41) is 12.5. The first-order valence-electron chi connectivity index (χ1n) is 7.65. The number of aliphatic carboxylic acids is 1. The minimum atomic E-state index is -1.11. The fourth-order valence-electron chi connectivity index (χ4n) is 2.71. The maximum atomic E-state index is 12.5. The van der Waals surface area contributed by atoms with Crippen molar-refractivity contribution in [1.29, 1.82) is 0 Å². The topological polar surface area (TPSA) is 91.4 Å². The van der Waals surface area contributed by atoms with Gasteiger partial charge in [-0.3, -0.25) is 0 Å². The summed E-state index contributed by atoms with van der Waals surface area (Å²) in [6, 6.07) is 3.47. The minimum absolute atomic E-state index is 0.0836. The number of aromatic amines is 1. The number of hydrogen-bond acceptors (Lipinski definition) is 4. The third-order valence-electron chi connectivity index (χ3n) is 3.75. The van der Waals surface area contributed by atoms with Gasteiger partial charge in [0.25, 0.3) is 0 Å². The number of terminal acetylenes is 1. The molecule has 2 rings (SSSR count). The van der Waals surface area contributed by atoms with Crippen LogP contribution in [0.2, 0.25) is 0 Å². The van der Waals surface area contributed by atoms with E-state index in [1.165, 1.54) is 0 Å². The van der Waals surface area contributed by atoms with Crippen LogP contribution in [0.15, 0.2) is 40.9 Å². The number of dihydropyridines is 1.